The predicted molar refractivity (Wildman–Crippen MR) is 59.7 cm³/mol. The Hall–Kier alpha value is -1.49. The number of piperidine rings is 1. The van der Waals surface area contributed by atoms with E-state index in [1.807, 2.05) is 4.90 Å². The molecule has 1 saturated heterocycles. The third-order valence-corrected chi connectivity index (χ3v) is 2.92. The van der Waals surface area contributed by atoms with Crippen LogP contribution in [-0.2, 0) is 0 Å². The van der Waals surface area contributed by atoms with Crippen LogP contribution in [0, 0.1) is 5.92 Å². The maximum absolute atomic E-state index is 12.0. The molecule has 0 bridgehead atoms. The van der Waals surface area contributed by atoms with Crippen LogP contribution in [0.3, 0.4) is 0 Å². The first-order valence-corrected chi connectivity index (χ1v) is 5.56. The SMILES string of the molecule is NC[C@@H]1CCCN(C(=O)c2cnccn2)C1. The van der Waals surface area contributed by atoms with Gasteiger partial charge >= 0.3 is 0 Å². The molecule has 2 rings (SSSR count). The maximum Gasteiger partial charge on any atom is 0.274 e. The van der Waals surface area contributed by atoms with Crippen molar-refractivity contribution in [3.05, 3.63) is 24.3 Å². The number of aromatic nitrogens is 2. The van der Waals surface area contributed by atoms with Crippen molar-refractivity contribution >= 4 is 5.91 Å². The Morgan fingerprint density at radius 1 is 1.56 bits per heavy atom. The molecule has 2 N–H and O–H groups in total. The summed E-state index contributed by atoms with van der Waals surface area (Å²) in [6.45, 7) is 2.18. The Labute approximate surface area is 94.7 Å². The first-order chi connectivity index (χ1) is 7.81. The van der Waals surface area contributed by atoms with E-state index in [0.29, 0.717) is 18.2 Å². The monoisotopic (exact) mass is 220 g/mol. The number of amides is 1. The van der Waals surface area contributed by atoms with Gasteiger partial charge in [0.2, 0.25) is 0 Å². The molecule has 0 saturated carbocycles. The molecule has 1 aromatic heterocycles. The first kappa shape index (κ1) is 11.0. The molecule has 5 heteroatoms. The zero-order chi connectivity index (χ0) is 11.4. The van der Waals surface area contributed by atoms with Gasteiger partial charge in [-0.1, -0.05) is 0 Å². The molecular weight excluding hydrogens is 204 g/mol. The minimum Gasteiger partial charge on any atom is -0.337 e. The molecule has 16 heavy (non-hydrogen) atoms. The van der Waals surface area contributed by atoms with Gasteiger partial charge < -0.3 is 10.6 Å². The van der Waals surface area contributed by atoms with Crippen molar-refractivity contribution in [3.63, 3.8) is 0 Å². The van der Waals surface area contributed by atoms with Crippen molar-refractivity contribution in [1.82, 2.24) is 14.9 Å². The lowest BCUT2D eigenvalue weighted by atomic mass is 9.98. The summed E-state index contributed by atoms with van der Waals surface area (Å²) in [5.74, 6) is 0.389. The van der Waals surface area contributed by atoms with Gasteiger partial charge in [-0.25, -0.2) is 4.98 Å². The van der Waals surface area contributed by atoms with Crippen LogP contribution >= 0.6 is 0 Å². The average Bonchev–Trinajstić information content (AvgIpc) is 2.39. The highest BCUT2D eigenvalue weighted by atomic mass is 16.2. The fourth-order valence-corrected chi connectivity index (χ4v) is 2.01. The molecule has 5 nitrogen and oxygen atoms in total. The number of hydrogen-bond acceptors (Lipinski definition) is 4. The van der Waals surface area contributed by atoms with E-state index >= 15 is 0 Å². The molecule has 0 radical (unpaired) electrons. The number of nitrogens with two attached hydrogens (primary N) is 1. The average molecular weight is 220 g/mol. The van der Waals surface area contributed by atoms with Crippen LogP contribution in [0.4, 0.5) is 0 Å². The lowest BCUT2D eigenvalue weighted by Crippen LogP contribution is -2.42. The van der Waals surface area contributed by atoms with Gasteiger partial charge in [0.25, 0.3) is 5.91 Å². The van der Waals surface area contributed by atoms with Crippen LogP contribution in [-0.4, -0.2) is 40.4 Å². The van der Waals surface area contributed by atoms with Crippen molar-refractivity contribution in [2.45, 2.75) is 12.8 Å². The minimum absolute atomic E-state index is 0.0359. The van der Waals surface area contributed by atoms with E-state index in [1.165, 1.54) is 12.4 Å². The van der Waals surface area contributed by atoms with Crippen molar-refractivity contribution in [1.29, 1.82) is 0 Å². The van der Waals surface area contributed by atoms with Crippen LogP contribution in [0.2, 0.25) is 0 Å². The maximum atomic E-state index is 12.0. The summed E-state index contributed by atoms with van der Waals surface area (Å²) < 4.78 is 0. The van der Waals surface area contributed by atoms with E-state index in [-0.39, 0.29) is 5.91 Å². The smallest absolute Gasteiger partial charge is 0.274 e. The van der Waals surface area contributed by atoms with Crippen molar-refractivity contribution in [2.24, 2.45) is 11.7 Å². The topological polar surface area (TPSA) is 72.1 Å². The zero-order valence-corrected chi connectivity index (χ0v) is 9.17. The van der Waals surface area contributed by atoms with Crippen LogP contribution in [0.15, 0.2) is 18.6 Å². The number of rotatable bonds is 2. The summed E-state index contributed by atoms with van der Waals surface area (Å²) in [6, 6.07) is 0. The van der Waals surface area contributed by atoms with Gasteiger partial charge in [-0.05, 0) is 25.3 Å². The zero-order valence-electron chi connectivity index (χ0n) is 9.17. The van der Waals surface area contributed by atoms with Gasteiger partial charge in [-0.2, -0.15) is 0 Å². The molecule has 0 aliphatic carbocycles. The number of nitrogens with zero attached hydrogens (tertiary/aromatic N) is 3. The first-order valence-electron chi connectivity index (χ1n) is 5.56. The third kappa shape index (κ3) is 2.36. The molecule has 2 heterocycles. The van der Waals surface area contributed by atoms with Crippen LogP contribution in [0.25, 0.3) is 0 Å². The second-order valence-corrected chi connectivity index (χ2v) is 4.09. The highest BCUT2D eigenvalue weighted by molar-refractivity contribution is 5.92. The van der Waals surface area contributed by atoms with E-state index in [1.54, 1.807) is 6.20 Å². The van der Waals surface area contributed by atoms with Gasteiger partial charge in [-0.3, -0.25) is 9.78 Å². The molecule has 1 amide bonds. The van der Waals surface area contributed by atoms with Crippen LogP contribution < -0.4 is 5.73 Å². The lowest BCUT2D eigenvalue weighted by molar-refractivity contribution is 0.0671. The summed E-state index contributed by atoms with van der Waals surface area (Å²) in [5, 5.41) is 0. The van der Waals surface area contributed by atoms with Gasteiger partial charge in [0.05, 0.1) is 6.20 Å². The molecule has 1 fully saturated rings. The Bertz CT molecular complexity index is 354. The van der Waals surface area contributed by atoms with Crippen molar-refractivity contribution in [2.75, 3.05) is 19.6 Å². The molecule has 0 unspecified atom stereocenters. The predicted octanol–water partition coefficient (Wildman–Crippen LogP) is 0.287. The van der Waals surface area contributed by atoms with Crippen LogP contribution in [0.1, 0.15) is 23.3 Å². The summed E-state index contributed by atoms with van der Waals surface area (Å²) in [6.07, 6.45) is 6.75. The largest absolute Gasteiger partial charge is 0.337 e. The van der Waals surface area contributed by atoms with Gasteiger partial charge in [0, 0.05) is 25.5 Å². The normalized spacial score (nSPS) is 20.8. The van der Waals surface area contributed by atoms with Gasteiger partial charge in [0.15, 0.2) is 0 Å². The van der Waals surface area contributed by atoms with Gasteiger partial charge in [-0.15, -0.1) is 0 Å². The van der Waals surface area contributed by atoms with E-state index < -0.39 is 0 Å². The molecule has 1 atom stereocenters. The number of carbonyl (C=O) groups excluding carboxylic acids is 1. The number of likely N-dealkylation sites (tertiary alicyclic amines) is 1. The van der Waals surface area contributed by atoms with E-state index in [0.717, 1.165) is 25.9 Å². The van der Waals surface area contributed by atoms with E-state index in [2.05, 4.69) is 9.97 Å². The summed E-state index contributed by atoms with van der Waals surface area (Å²) >= 11 is 0. The quantitative estimate of drug-likeness (QED) is 0.777. The molecule has 1 aliphatic heterocycles. The fraction of sp³-hybridized carbons (Fsp3) is 0.545. The van der Waals surface area contributed by atoms with Gasteiger partial charge in [0.1, 0.15) is 5.69 Å². The minimum atomic E-state index is -0.0359. The third-order valence-electron chi connectivity index (χ3n) is 2.92. The Morgan fingerprint density at radius 3 is 3.12 bits per heavy atom. The van der Waals surface area contributed by atoms with E-state index in [4.69, 9.17) is 5.73 Å². The second kappa shape index (κ2) is 5.03. The lowest BCUT2D eigenvalue weighted by Gasteiger charge is -2.31. The van der Waals surface area contributed by atoms with Crippen molar-refractivity contribution in [3.8, 4) is 0 Å². The summed E-state index contributed by atoms with van der Waals surface area (Å²) in [5.41, 5.74) is 6.06. The second-order valence-electron chi connectivity index (χ2n) is 4.09. The number of carbonyl (C=O) groups is 1. The van der Waals surface area contributed by atoms with E-state index in [9.17, 15) is 4.79 Å². The van der Waals surface area contributed by atoms with Crippen LogP contribution in [0.5, 0.6) is 0 Å². The summed E-state index contributed by atoms with van der Waals surface area (Å²) in [4.78, 5) is 21.8. The molecule has 86 valence electrons. The number of hydrogen-bond donors (Lipinski definition) is 1. The fourth-order valence-electron chi connectivity index (χ4n) is 2.01. The molecule has 1 aromatic rings. The summed E-state index contributed by atoms with van der Waals surface area (Å²) in [7, 11) is 0. The molecule has 0 aromatic carbocycles. The Balaban J connectivity index is 2.05. The van der Waals surface area contributed by atoms with Crippen molar-refractivity contribution < 1.29 is 4.79 Å². The molecular formula is C11H16N4O. The highest BCUT2D eigenvalue weighted by Gasteiger charge is 2.24. The molecule has 0 spiro atoms. The molecule has 1 aliphatic rings. The standard InChI is InChI=1S/C11H16N4O/c12-6-9-2-1-5-15(8-9)11(16)10-7-13-3-4-14-10/h3-4,7,9H,1-2,5-6,8,12H2/t9-/m0/s1. The highest BCUT2D eigenvalue weighted by Crippen LogP contribution is 2.16. The Kier molecular flexibility index (Phi) is 3.46. The Morgan fingerprint density at radius 2 is 2.44 bits per heavy atom.